The fraction of sp³-hybridized carbons (Fsp3) is 0.909. The van der Waals surface area contributed by atoms with E-state index in [0.29, 0.717) is 18.9 Å². The largest absolute Gasteiger partial charge is 0.481 e. The molecule has 1 rings (SSSR count). The Balaban J connectivity index is 2.98. The molecule has 0 saturated carbocycles. The van der Waals surface area contributed by atoms with Crippen molar-refractivity contribution in [2.45, 2.75) is 40.2 Å². The molecule has 1 fully saturated rings. The molecule has 1 N–H and O–H groups in total. The zero-order valence-corrected chi connectivity index (χ0v) is 9.41. The number of hydrogen-bond donors (Lipinski definition) is 1. The summed E-state index contributed by atoms with van der Waals surface area (Å²) in [5.74, 6) is -0.184. The number of carboxylic acid groups (broad SMARTS) is 1. The van der Waals surface area contributed by atoms with Crippen LogP contribution >= 0.6 is 0 Å². The Morgan fingerprint density at radius 3 is 2.36 bits per heavy atom. The highest BCUT2D eigenvalue weighted by atomic mass is 16.5. The molecular formula is C11H20O3. The Kier molecular flexibility index (Phi) is 3.20. The van der Waals surface area contributed by atoms with Gasteiger partial charge in [0, 0.05) is 6.61 Å². The van der Waals surface area contributed by atoms with E-state index in [4.69, 9.17) is 4.74 Å². The molecule has 1 heterocycles. The Morgan fingerprint density at radius 2 is 2.07 bits per heavy atom. The van der Waals surface area contributed by atoms with Gasteiger partial charge in [-0.15, -0.1) is 0 Å². The topological polar surface area (TPSA) is 46.5 Å². The molecule has 0 aliphatic carbocycles. The van der Waals surface area contributed by atoms with E-state index in [1.54, 1.807) is 0 Å². The summed E-state index contributed by atoms with van der Waals surface area (Å²) >= 11 is 0. The maximum Gasteiger partial charge on any atom is 0.312 e. The van der Waals surface area contributed by atoms with Gasteiger partial charge in [0.25, 0.3) is 0 Å². The fourth-order valence-corrected chi connectivity index (χ4v) is 2.42. The fourth-order valence-electron chi connectivity index (χ4n) is 2.42. The van der Waals surface area contributed by atoms with Crippen LogP contribution in [-0.2, 0) is 9.53 Å². The molecule has 1 saturated heterocycles. The average molecular weight is 200 g/mol. The quantitative estimate of drug-likeness (QED) is 0.759. The highest BCUT2D eigenvalue weighted by Crippen LogP contribution is 2.44. The van der Waals surface area contributed by atoms with E-state index in [-0.39, 0.29) is 12.0 Å². The molecular weight excluding hydrogens is 180 g/mol. The van der Waals surface area contributed by atoms with Gasteiger partial charge in [0.15, 0.2) is 0 Å². The van der Waals surface area contributed by atoms with Gasteiger partial charge in [-0.1, -0.05) is 20.8 Å². The van der Waals surface area contributed by atoms with Crippen molar-refractivity contribution in [2.24, 2.45) is 17.3 Å². The molecule has 3 atom stereocenters. The van der Waals surface area contributed by atoms with E-state index in [1.165, 1.54) is 0 Å². The number of aliphatic carboxylic acids is 1. The van der Waals surface area contributed by atoms with Gasteiger partial charge in [-0.05, 0) is 25.2 Å². The first-order valence-corrected chi connectivity index (χ1v) is 5.28. The SMILES string of the molecule is CC(C)C(C)C1(C(=O)O)CCOC1C. The van der Waals surface area contributed by atoms with E-state index < -0.39 is 11.4 Å². The second-order valence-corrected chi connectivity index (χ2v) is 4.64. The van der Waals surface area contributed by atoms with Gasteiger partial charge in [0.05, 0.1) is 11.5 Å². The van der Waals surface area contributed by atoms with Crippen LogP contribution < -0.4 is 0 Å². The number of carbonyl (C=O) groups is 1. The van der Waals surface area contributed by atoms with Crippen molar-refractivity contribution in [3.05, 3.63) is 0 Å². The lowest BCUT2D eigenvalue weighted by Crippen LogP contribution is -2.44. The molecule has 1 aliphatic rings. The molecule has 3 unspecified atom stereocenters. The summed E-state index contributed by atoms with van der Waals surface area (Å²) in [5, 5.41) is 9.37. The Morgan fingerprint density at radius 1 is 1.50 bits per heavy atom. The molecule has 0 spiro atoms. The zero-order valence-electron chi connectivity index (χ0n) is 9.41. The number of hydrogen-bond acceptors (Lipinski definition) is 2. The second kappa shape index (κ2) is 3.89. The summed E-state index contributed by atoms with van der Waals surface area (Å²) in [5.41, 5.74) is -0.672. The maximum absolute atomic E-state index is 11.4. The molecule has 0 amide bonds. The molecule has 0 radical (unpaired) electrons. The van der Waals surface area contributed by atoms with Crippen molar-refractivity contribution in [1.29, 1.82) is 0 Å². The van der Waals surface area contributed by atoms with Gasteiger partial charge >= 0.3 is 5.97 Å². The van der Waals surface area contributed by atoms with E-state index in [2.05, 4.69) is 13.8 Å². The Bertz CT molecular complexity index is 225. The highest BCUT2D eigenvalue weighted by molar-refractivity contribution is 5.76. The van der Waals surface area contributed by atoms with Gasteiger partial charge in [0.2, 0.25) is 0 Å². The van der Waals surface area contributed by atoms with E-state index in [0.717, 1.165) is 0 Å². The molecule has 3 nitrogen and oxygen atoms in total. The first kappa shape index (κ1) is 11.5. The minimum Gasteiger partial charge on any atom is -0.481 e. The summed E-state index contributed by atoms with van der Waals surface area (Å²) in [4.78, 5) is 11.4. The van der Waals surface area contributed by atoms with Crippen molar-refractivity contribution < 1.29 is 14.6 Å². The van der Waals surface area contributed by atoms with Gasteiger partial charge in [-0.25, -0.2) is 0 Å². The van der Waals surface area contributed by atoms with Crippen LogP contribution in [-0.4, -0.2) is 23.8 Å². The minimum absolute atomic E-state index is 0.150. The second-order valence-electron chi connectivity index (χ2n) is 4.64. The number of rotatable bonds is 3. The average Bonchev–Trinajstić information content (AvgIpc) is 2.46. The molecule has 0 aromatic heterocycles. The van der Waals surface area contributed by atoms with Crippen LogP contribution in [0.5, 0.6) is 0 Å². The highest BCUT2D eigenvalue weighted by Gasteiger charge is 2.52. The third kappa shape index (κ3) is 1.54. The molecule has 14 heavy (non-hydrogen) atoms. The normalized spacial score (nSPS) is 34.8. The lowest BCUT2D eigenvalue weighted by Gasteiger charge is -2.36. The summed E-state index contributed by atoms with van der Waals surface area (Å²) in [6, 6.07) is 0. The first-order valence-electron chi connectivity index (χ1n) is 5.28. The van der Waals surface area contributed by atoms with Gasteiger partial charge in [-0.2, -0.15) is 0 Å². The van der Waals surface area contributed by atoms with Crippen molar-refractivity contribution >= 4 is 5.97 Å². The standard InChI is InChI=1S/C11H20O3/c1-7(2)8(3)11(10(12)13)5-6-14-9(11)4/h7-9H,5-6H2,1-4H3,(H,12,13). The van der Waals surface area contributed by atoms with E-state index in [9.17, 15) is 9.90 Å². The lowest BCUT2D eigenvalue weighted by atomic mass is 9.67. The molecule has 0 bridgehead atoms. The molecule has 0 aromatic rings. The van der Waals surface area contributed by atoms with Gasteiger partial charge < -0.3 is 9.84 Å². The predicted octanol–water partition coefficient (Wildman–Crippen LogP) is 2.16. The Labute approximate surface area is 85.5 Å². The monoisotopic (exact) mass is 200 g/mol. The summed E-state index contributed by atoms with van der Waals surface area (Å²) in [7, 11) is 0. The van der Waals surface area contributed by atoms with E-state index >= 15 is 0 Å². The third-order valence-electron chi connectivity index (χ3n) is 3.82. The lowest BCUT2D eigenvalue weighted by molar-refractivity contribution is -0.157. The van der Waals surface area contributed by atoms with Crippen LogP contribution in [0.2, 0.25) is 0 Å². The summed E-state index contributed by atoms with van der Waals surface area (Å²) < 4.78 is 5.42. The summed E-state index contributed by atoms with van der Waals surface area (Å²) in [6.07, 6.45) is 0.473. The zero-order chi connectivity index (χ0) is 10.9. The van der Waals surface area contributed by atoms with Crippen molar-refractivity contribution in [3.63, 3.8) is 0 Å². The van der Waals surface area contributed by atoms with Crippen molar-refractivity contribution in [1.82, 2.24) is 0 Å². The molecule has 82 valence electrons. The minimum atomic E-state index is -0.705. The predicted molar refractivity (Wildman–Crippen MR) is 54.1 cm³/mol. The van der Waals surface area contributed by atoms with Gasteiger partial charge in [-0.3, -0.25) is 4.79 Å². The number of ether oxygens (including phenoxy) is 1. The molecule has 1 aliphatic heterocycles. The van der Waals surface area contributed by atoms with Crippen LogP contribution in [0.4, 0.5) is 0 Å². The number of carboxylic acids is 1. The van der Waals surface area contributed by atoms with Crippen LogP contribution in [0.1, 0.15) is 34.1 Å². The van der Waals surface area contributed by atoms with Crippen molar-refractivity contribution in [2.75, 3.05) is 6.61 Å². The van der Waals surface area contributed by atoms with Crippen LogP contribution in [0.15, 0.2) is 0 Å². The summed E-state index contributed by atoms with van der Waals surface area (Å²) in [6.45, 7) is 8.61. The molecule has 3 heteroatoms. The van der Waals surface area contributed by atoms with E-state index in [1.807, 2.05) is 13.8 Å². The third-order valence-corrected chi connectivity index (χ3v) is 3.82. The van der Waals surface area contributed by atoms with Crippen LogP contribution in [0.25, 0.3) is 0 Å². The van der Waals surface area contributed by atoms with Gasteiger partial charge in [0.1, 0.15) is 0 Å². The first-order chi connectivity index (χ1) is 6.43. The van der Waals surface area contributed by atoms with Crippen LogP contribution in [0.3, 0.4) is 0 Å². The molecule has 0 aromatic carbocycles. The smallest absolute Gasteiger partial charge is 0.312 e. The van der Waals surface area contributed by atoms with Crippen molar-refractivity contribution in [3.8, 4) is 0 Å². The van der Waals surface area contributed by atoms with Crippen LogP contribution in [0, 0.1) is 17.3 Å². The Hall–Kier alpha value is -0.570. The maximum atomic E-state index is 11.4.